The predicted octanol–water partition coefficient (Wildman–Crippen LogP) is 8.26. The van der Waals surface area contributed by atoms with Crippen LogP contribution in [0.2, 0.25) is 0 Å². The Labute approximate surface area is 244 Å². The Morgan fingerprint density at radius 1 is 0.487 bits per heavy atom. The van der Waals surface area contributed by atoms with E-state index in [1.807, 2.05) is 0 Å². The lowest BCUT2D eigenvalue weighted by atomic mass is 9.89. The lowest BCUT2D eigenvalue weighted by molar-refractivity contribution is -0.660. The summed E-state index contributed by atoms with van der Waals surface area (Å²) in [6.07, 6.45) is 5.06. The highest BCUT2D eigenvalue weighted by Crippen LogP contribution is 2.34. The van der Waals surface area contributed by atoms with Gasteiger partial charge in [-0.25, -0.2) is 4.57 Å². The molecule has 0 aliphatic carbocycles. The van der Waals surface area contributed by atoms with Crippen LogP contribution in [-0.4, -0.2) is 0 Å². The number of benzene rings is 4. The molecular formula is C36H29IN2+2. The van der Waals surface area contributed by atoms with Gasteiger partial charge in [-0.3, -0.25) is 0 Å². The quantitative estimate of drug-likeness (QED) is 0.132. The Morgan fingerprint density at radius 2 is 0.974 bits per heavy atom. The van der Waals surface area contributed by atoms with Crippen molar-refractivity contribution in [3.05, 3.63) is 157 Å². The Hall–Kier alpha value is -4.09. The number of rotatable bonds is 6. The summed E-state index contributed by atoms with van der Waals surface area (Å²) >= 11 is 2.38. The van der Waals surface area contributed by atoms with E-state index in [9.17, 15) is 0 Å². The molecule has 0 aliphatic rings. The van der Waals surface area contributed by atoms with Crippen molar-refractivity contribution in [3.63, 3.8) is 0 Å². The van der Waals surface area contributed by atoms with Crippen LogP contribution in [0.25, 0.3) is 44.8 Å². The second-order valence-corrected chi connectivity index (χ2v) is 10.8. The maximum Gasteiger partial charge on any atom is 0.354 e. The summed E-state index contributed by atoms with van der Waals surface area (Å²) in [5.74, 6) is 0. The SMILES string of the molecule is C[n+]1ccccc1-c1cc(-c2ccccc2)ccc1Cc1ccc(-c2ccccc2)cc1-c1cccc[n+]1I. The highest BCUT2D eigenvalue weighted by Gasteiger charge is 2.20. The van der Waals surface area contributed by atoms with Crippen molar-refractivity contribution in [1.82, 2.24) is 0 Å². The van der Waals surface area contributed by atoms with E-state index in [0.717, 1.165) is 6.42 Å². The number of aryl methyl sites for hydroxylation is 1. The molecular weight excluding hydrogens is 587 g/mol. The Bertz CT molecular complexity index is 1610. The van der Waals surface area contributed by atoms with Crippen molar-refractivity contribution in [2.75, 3.05) is 0 Å². The van der Waals surface area contributed by atoms with Gasteiger partial charge < -0.3 is 0 Å². The highest BCUT2D eigenvalue weighted by molar-refractivity contribution is 14.1. The fourth-order valence-electron chi connectivity index (χ4n) is 5.20. The van der Waals surface area contributed by atoms with Crippen LogP contribution in [0.4, 0.5) is 0 Å². The number of pyridine rings is 2. The molecule has 6 rings (SSSR count). The van der Waals surface area contributed by atoms with Crippen molar-refractivity contribution in [1.29, 1.82) is 0 Å². The first-order valence-electron chi connectivity index (χ1n) is 13.2. The molecule has 4 aromatic carbocycles. The van der Waals surface area contributed by atoms with Crippen molar-refractivity contribution in [3.8, 4) is 44.8 Å². The Balaban J connectivity index is 1.51. The van der Waals surface area contributed by atoms with Gasteiger partial charge in [0.15, 0.2) is 12.4 Å². The molecule has 0 atom stereocenters. The summed E-state index contributed by atoms with van der Waals surface area (Å²) in [7, 11) is 2.12. The molecule has 0 saturated carbocycles. The first kappa shape index (κ1) is 25.2. The van der Waals surface area contributed by atoms with Crippen LogP contribution in [0, 0.1) is 0 Å². The molecule has 188 valence electrons. The fourth-order valence-corrected chi connectivity index (χ4v) is 5.80. The van der Waals surface area contributed by atoms with Gasteiger partial charge in [0.25, 0.3) is 0 Å². The first-order chi connectivity index (χ1) is 19.2. The molecule has 2 heterocycles. The number of nitrogens with zero attached hydrogens (tertiary/aromatic N) is 2. The number of hydrogen-bond acceptors (Lipinski definition) is 0. The van der Waals surface area contributed by atoms with Crippen LogP contribution in [0.3, 0.4) is 0 Å². The minimum atomic E-state index is 0.829. The second-order valence-electron chi connectivity index (χ2n) is 9.75. The Morgan fingerprint density at radius 3 is 1.51 bits per heavy atom. The molecule has 0 radical (unpaired) electrons. The molecule has 2 aromatic heterocycles. The maximum atomic E-state index is 2.38. The van der Waals surface area contributed by atoms with Gasteiger partial charge in [0.1, 0.15) is 7.05 Å². The van der Waals surface area contributed by atoms with Gasteiger partial charge in [-0.05, 0) is 64.1 Å². The third kappa shape index (κ3) is 5.41. The number of aromatic nitrogens is 2. The van der Waals surface area contributed by atoms with Crippen LogP contribution in [0.15, 0.2) is 146 Å². The molecule has 0 amide bonds. The molecule has 2 nitrogen and oxygen atoms in total. The lowest BCUT2D eigenvalue weighted by Crippen LogP contribution is -2.30. The third-order valence-corrected chi connectivity index (χ3v) is 8.08. The molecule has 0 unspecified atom stereocenters. The summed E-state index contributed by atoms with van der Waals surface area (Å²) in [6, 6.07) is 47.9. The zero-order valence-electron chi connectivity index (χ0n) is 21.8. The van der Waals surface area contributed by atoms with Crippen molar-refractivity contribution in [2.24, 2.45) is 7.05 Å². The molecule has 0 saturated heterocycles. The Kier molecular flexibility index (Phi) is 7.33. The topological polar surface area (TPSA) is 7.76 Å². The maximum absolute atomic E-state index is 2.38. The summed E-state index contributed by atoms with van der Waals surface area (Å²) in [4.78, 5) is 0. The lowest BCUT2D eigenvalue weighted by Gasteiger charge is -2.14. The van der Waals surface area contributed by atoms with Crippen LogP contribution >= 0.6 is 22.9 Å². The first-order valence-corrected chi connectivity index (χ1v) is 14.1. The van der Waals surface area contributed by atoms with Crippen LogP contribution in [-0.2, 0) is 13.5 Å². The largest absolute Gasteiger partial charge is 0.354 e. The standard InChI is InChI=1S/C36H29IN2/c1-38-22-10-8-16-35(38)33-25-29(27-12-4-2-5-13-27)18-20-31(33)24-32-21-19-30(28-14-6-3-7-15-28)26-34(32)36-17-9-11-23-39(36)37/h2-23,25-26H,24H2,1H3/q+2. The normalized spacial score (nSPS) is 10.9. The summed E-state index contributed by atoms with van der Waals surface area (Å²) in [5, 5.41) is 0. The average molecular weight is 617 g/mol. The van der Waals surface area contributed by atoms with Crippen LogP contribution < -0.4 is 7.35 Å². The molecule has 0 bridgehead atoms. The summed E-state index contributed by atoms with van der Waals surface area (Å²) in [5.41, 5.74) is 12.4. The molecule has 0 fully saturated rings. The van der Waals surface area contributed by atoms with Gasteiger partial charge in [-0.15, -0.1) is 2.78 Å². The predicted molar refractivity (Wildman–Crippen MR) is 168 cm³/mol. The van der Waals surface area contributed by atoms with Crippen LogP contribution in [0.5, 0.6) is 0 Å². The average Bonchev–Trinajstić information content (AvgIpc) is 2.99. The smallest absolute Gasteiger partial charge is 0.201 e. The van der Waals surface area contributed by atoms with Gasteiger partial charge in [0.2, 0.25) is 11.4 Å². The molecule has 39 heavy (non-hydrogen) atoms. The van der Waals surface area contributed by atoms with Gasteiger partial charge >= 0.3 is 22.9 Å². The molecule has 3 heteroatoms. The minimum Gasteiger partial charge on any atom is -0.201 e. The van der Waals surface area contributed by atoms with Crippen molar-refractivity contribution < 1.29 is 7.35 Å². The van der Waals surface area contributed by atoms with Crippen molar-refractivity contribution >= 4 is 22.9 Å². The monoisotopic (exact) mass is 616 g/mol. The van der Waals surface area contributed by atoms with E-state index in [0.29, 0.717) is 0 Å². The highest BCUT2D eigenvalue weighted by atomic mass is 127. The van der Waals surface area contributed by atoms with Gasteiger partial charge in [-0.1, -0.05) is 84.9 Å². The van der Waals surface area contributed by atoms with Crippen molar-refractivity contribution in [2.45, 2.75) is 6.42 Å². The zero-order chi connectivity index (χ0) is 26.6. The fraction of sp³-hybridized carbons (Fsp3) is 0.0556. The minimum absolute atomic E-state index is 0.829. The van der Waals surface area contributed by atoms with E-state index in [2.05, 4.69) is 183 Å². The van der Waals surface area contributed by atoms with Gasteiger partial charge in [0.05, 0.1) is 11.1 Å². The number of hydrogen-bond donors (Lipinski definition) is 0. The van der Waals surface area contributed by atoms with E-state index in [4.69, 9.17) is 0 Å². The molecule has 0 N–H and O–H groups in total. The van der Waals surface area contributed by atoms with E-state index >= 15 is 0 Å². The summed E-state index contributed by atoms with van der Waals surface area (Å²) < 4.78 is 4.39. The van der Waals surface area contributed by atoms with E-state index < -0.39 is 0 Å². The zero-order valence-corrected chi connectivity index (χ0v) is 24.0. The van der Waals surface area contributed by atoms with E-state index in [1.54, 1.807) is 0 Å². The number of halogens is 1. The third-order valence-electron chi connectivity index (χ3n) is 7.23. The second kappa shape index (κ2) is 11.3. The molecule has 6 aromatic rings. The van der Waals surface area contributed by atoms with E-state index in [-0.39, 0.29) is 0 Å². The molecule has 0 spiro atoms. The van der Waals surface area contributed by atoms with Gasteiger partial charge in [-0.2, -0.15) is 0 Å². The molecule has 0 aliphatic heterocycles. The van der Waals surface area contributed by atoms with Gasteiger partial charge in [0, 0.05) is 24.3 Å². The summed E-state index contributed by atoms with van der Waals surface area (Å²) in [6.45, 7) is 0. The van der Waals surface area contributed by atoms with E-state index in [1.165, 1.54) is 55.9 Å². The van der Waals surface area contributed by atoms with Crippen LogP contribution in [0.1, 0.15) is 11.1 Å².